The summed E-state index contributed by atoms with van der Waals surface area (Å²) < 4.78 is 5.12. The number of likely N-dealkylation sites (tertiary alicyclic amines) is 1. The molecule has 1 atom stereocenters. The highest BCUT2D eigenvalue weighted by molar-refractivity contribution is 4.87. The highest BCUT2D eigenvalue weighted by atomic mass is 16.5. The first-order chi connectivity index (χ1) is 7.78. The third-order valence-electron chi connectivity index (χ3n) is 2.82. The molecule has 0 aromatic carbocycles. The lowest BCUT2D eigenvalue weighted by Gasteiger charge is -2.28. The molecule has 1 aromatic heterocycles. The van der Waals surface area contributed by atoms with Crippen molar-refractivity contribution in [3.63, 3.8) is 0 Å². The topological polar surface area (TPSA) is 62.4 Å². The van der Waals surface area contributed by atoms with Crippen LogP contribution in [0.25, 0.3) is 0 Å². The van der Waals surface area contributed by atoms with E-state index in [1.165, 1.54) is 0 Å². The number of aliphatic hydroxyl groups is 1. The molecule has 5 nitrogen and oxygen atoms in total. The number of aliphatic hydroxyl groups excluding tert-OH is 1. The molecular weight excluding hydrogens is 206 g/mol. The lowest BCUT2D eigenvalue weighted by Crippen LogP contribution is -2.37. The van der Waals surface area contributed by atoms with Crippen LogP contribution < -0.4 is 0 Å². The maximum Gasteiger partial charge on any atom is 0.226 e. The quantitative estimate of drug-likeness (QED) is 0.827. The minimum atomic E-state index is -0.198. The Morgan fingerprint density at radius 3 is 3.19 bits per heavy atom. The molecule has 1 aliphatic rings. The maximum atomic E-state index is 9.54. The second kappa shape index (κ2) is 5.41. The van der Waals surface area contributed by atoms with Crippen LogP contribution in [0.3, 0.4) is 0 Å². The van der Waals surface area contributed by atoms with Crippen molar-refractivity contribution in [3.05, 3.63) is 11.7 Å². The van der Waals surface area contributed by atoms with Crippen molar-refractivity contribution < 1.29 is 9.63 Å². The molecule has 90 valence electrons. The second-order valence-corrected chi connectivity index (χ2v) is 4.39. The fourth-order valence-corrected chi connectivity index (χ4v) is 2.04. The summed E-state index contributed by atoms with van der Waals surface area (Å²) in [6, 6.07) is 0. The summed E-state index contributed by atoms with van der Waals surface area (Å²) in [5, 5.41) is 13.5. The molecule has 16 heavy (non-hydrogen) atoms. The van der Waals surface area contributed by atoms with E-state index in [1.807, 2.05) is 0 Å². The Kier molecular flexibility index (Phi) is 3.90. The number of hydrogen-bond acceptors (Lipinski definition) is 5. The molecule has 1 aromatic rings. The molecule has 0 saturated carbocycles. The smallest absolute Gasteiger partial charge is 0.226 e. The molecule has 5 heteroatoms. The SMILES string of the molecule is CCCc1nc(CN2CCC[C@H](O)C2)no1. The normalized spacial score (nSPS) is 22.5. The molecule has 2 heterocycles. The van der Waals surface area contributed by atoms with E-state index in [0.29, 0.717) is 6.54 Å². The van der Waals surface area contributed by atoms with Gasteiger partial charge in [-0.25, -0.2) is 0 Å². The molecule has 0 amide bonds. The Hall–Kier alpha value is -0.940. The zero-order valence-electron chi connectivity index (χ0n) is 9.72. The molecule has 1 saturated heterocycles. The predicted octanol–water partition coefficient (Wildman–Crippen LogP) is 0.979. The predicted molar refractivity (Wildman–Crippen MR) is 58.8 cm³/mol. The van der Waals surface area contributed by atoms with Gasteiger partial charge in [-0.05, 0) is 25.8 Å². The van der Waals surface area contributed by atoms with E-state index in [1.54, 1.807) is 0 Å². The van der Waals surface area contributed by atoms with Crippen LogP contribution in [-0.2, 0) is 13.0 Å². The van der Waals surface area contributed by atoms with Crippen molar-refractivity contribution in [1.82, 2.24) is 15.0 Å². The Morgan fingerprint density at radius 2 is 2.44 bits per heavy atom. The molecule has 1 aliphatic heterocycles. The van der Waals surface area contributed by atoms with Crippen molar-refractivity contribution >= 4 is 0 Å². The number of aromatic nitrogens is 2. The van der Waals surface area contributed by atoms with E-state index in [-0.39, 0.29) is 6.10 Å². The van der Waals surface area contributed by atoms with E-state index in [2.05, 4.69) is 22.0 Å². The molecule has 2 rings (SSSR count). The van der Waals surface area contributed by atoms with Crippen molar-refractivity contribution in [2.45, 2.75) is 45.3 Å². The zero-order valence-corrected chi connectivity index (χ0v) is 9.72. The van der Waals surface area contributed by atoms with Crippen LogP contribution in [-0.4, -0.2) is 39.3 Å². The van der Waals surface area contributed by atoms with Crippen LogP contribution >= 0.6 is 0 Å². The van der Waals surface area contributed by atoms with Gasteiger partial charge in [0.15, 0.2) is 5.82 Å². The molecule has 0 aliphatic carbocycles. The molecule has 0 bridgehead atoms. The summed E-state index contributed by atoms with van der Waals surface area (Å²) in [5.41, 5.74) is 0. The first-order valence-electron chi connectivity index (χ1n) is 6.00. The van der Waals surface area contributed by atoms with Gasteiger partial charge >= 0.3 is 0 Å². The number of aryl methyl sites for hydroxylation is 1. The van der Waals surface area contributed by atoms with E-state index < -0.39 is 0 Å². The number of piperidine rings is 1. The summed E-state index contributed by atoms with van der Waals surface area (Å²) in [5.74, 6) is 1.45. The van der Waals surface area contributed by atoms with Crippen LogP contribution in [0, 0.1) is 0 Å². The van der Waals surface area contributed by atoms with Gasteiger partial charge in [-0.15, -0.1) is 0 Å². The van der Waals surface area contributed by atoms with Crippen LogP contribution in [0.4, 0.5) is 0 Å². The molecular formula is C11H19N3O2. The Labute approximate surface area is 95.4 Å². The van der Waals surface area contributed by atoms with Gasteiger partial charge in [0.1, 0.15) is 0 Å². The van der Waals surface area contributed by atoms with Crippen molar-refractivity contribution in [3.8, 4) is 0 Å². The fourth-order valence-electron chi connectivity index (χ4n) is 2.04. The van der Waals surface area contributed by atoms with Gasteiger partial charge in [-0.2, -0.15) is 4.98 Å². The van der Waals surface area contributed by atoms with Crippen LogP contribution in [0.5, 0.6) is 0 Å². The van der Waals surface area contributed by atoms with Crippen molar-refractivity contribution in [2.24, 2.45) is 0 Å². The third-order valence-corrected chi connectivity index (χ3v) is 2.82. The van der Waals surface area contributed by atoms with Gasteiger partial charge in [-0.1, -0.05) is 12.1 Å². The van der Waals surface area contributed by atoms with Gasteiger partial charge in [0.2, 0.25) is 5.89 Å². The minimum absolute atomic E-state index is 0.198. The summed E-state index contributed by atoms with van der Waals surface area (Å²) in [4.78, 5) is 6.49. The highest BCUT2D eigenvalue weighted by Crippen LogP contribution is 2.12. The zero-order chi connectivity index (χ0) is 11.4. The molecule has 0 spiro atoms. The first kappa shape index (κ1) is 11.5. The van der Waals surface area contributed by atoms with Crippen LogP contribution in [0.1, 0.15) is 37.9 Å². The highest BCUT2D eigenvalue weighted by Gasteiger charge is 2.19. The summed E-state index contributed by atoms with van der Waals surface area (Å²) in [6.07, 6.45) is 3.61. The Morgan fingerprint density at radius 1 is 1.56 bits per heavy atom. The fraction of sp³-hybridized carbons (Fsp3) is 0.818. The minimum Gasteiger partial charge on any atom is -0.392 e. The third kappa shape index (κ3) is 3.02. The number of nitrogens with zero attached hydrogens (tertiary/aromatic N) is 3. The average Bonchev–Trinajstić information content (AvgIpc) is 2.66. The van der Waals surface area contributed by atoms with Gasteiger partial charge in [0.25, 0.3) is 0 Å². The van der Waals surface area contributed by atoms with Crippen LogP contribution in [0.15, 0.2) is 4.52 Å². The largest absolute Gasteiger partial charge is 0.392 e. The second-order valence-electron chi connectivity index (χ2n) is 4.39. The summed E-state index contributed by atoms with van der Waals surface area (Å²) in [6.45, 7) is 4.50. The summed E-state index contributed by atoms with van der Waals surface area (Å²) >= 11 is 0. The maximum absolute atomic E-state index is 9.54. The van der Waals surface area contributed by atoms with Gasteiger partial charge < -0.3 is 9.63 Å². The van der Waals surface area contributed by atoms with E-state index in [4.69, 9.17) is 4.52 Å². The molecule has 1 N–H and O–H groups in total. The van der Waals surface area contributed by atoms with Gasteiger partial charge in [-0.3, -0.25) is 4.90 Å². The Balaban J connectivity index is 1.87. The number of β-amino-alcohol motifs (C(OH)–C–C–N with tert-alkyl or cyclic N) is 1. The monoisotopic (exact) mass is 225 g/mol. The average molecular weight is 225 g/mol. The van der Waals surface area contributed by atoms with Gasteiger partial charge in [0, 0.05) is 13.0 Å². The lowest BCUT2D eigenvalue weighted by atomic mass is 10.1. The number of hydrogen-bond donors (Lipinski definition) is 1. The van der Waals surface area contributed by atoms with Gasteiger partial charge in [0.05, 0.1) is 12.6 Å². The first-order valence-corrected chi connectivity index (χ1v) is 6.00. The van der Waals surface area contributed by atoms with E-state index >= 15 is 0 Å². The molecule has 0 unspecified atom stereocenters. The Bertz CT molecular complexity index is 327. The van der Waals surface area contributed by atoms with E-state index in [9.17, 15) is 5.11 Å². The summed E-state index contributed by atoms with van der Waals surface area (Å²) in [7, 11) is 0. The lowest BCUT2D eigenvalue weighted by molar-refractivity contribution is 0.0651. The molecule has 0 radical (unpaired) electrons. The van der Waals surface area contributed by atoms with Crippen LogP contribution in [0.2, 0.25) is 0 Å². The van der Waals surface area contributed by atoms with Crippen molar-refractivity contribution in [2.75, 3.05) is 13.1 Å². The number of rotatable bonds is 4. The van der Waals surface area contributed by atoms with Crippen molar-refractivity contribution in [1.29, 1.82) is 0 Å². The standard InChI is InChI=1S/C11H19N3O2/c1-2-4-11-12-10(13-16-11)8-14-6-3-5-9(15)7-14/h9,15H,2-8H2,1H3/t9-/m0/s1. The molecule has 1 fully saturated rings. The van der Waals surface area contributed by atoms with E-state index in [0.717, 1.165) is 50.5 Å².